The van der Waals surface area contributed by atoms with Crippen molar-refractivity contribution in [2.24, 2.45) is 0 Å². The normalized spacial score (nSPS) is 17.1. The summed E-state index contributed by atoms with van der Waals surface area (Å²) in [5.74, 6) is 1.53. The number of benzene rings is 3. The summed E-state index contributed by atoms with van der Waals surface area (Å²) in [4.78, 5) is 26.6. The summed E-state index contributed by atoms with van der Waals surface area (Å²) < 4.78 is 18.0. The van der Waals surface area contributed by atoms with Gasteiger partial charge in [-0.05, 0) is 67.1 Å². The number of Topliss-reactive ketones (excluding diaryl/α,β-unsaturated/α-hetero) is 2. The lowest BCUT2D eigenvalue weighted by molar-refractivity contribution is -0.117. The fourth-order valence-electron chi connectivity index (χ4n) is 5.99. The third kappa shape index (κ3) is 5.62. The Kier molecular flexibility index (Phi) is 7.84. The molecule has 0 bridgehead atoms. The topological polar surface area (TPSA) is 73.9 Å². The second kappa shape index (κ2) is 11.8. The lowest BCUT2D eigenvalue weighted by Crippen LogP contribution is -2.36. The van der Waals surface area contributed by atoms with Gasteiger partial charge < -0.3 is 19.5 Å². The van der Waals surface area contributed by atoms with Crippen molar-refractivity contribution in [3.05, 3.63) is 111 Å². The van der Waals surface area contributed by atoms with E-state index in [1.807, 2.05) is 60.7 Å². The molecule has 6 nitrogen and oxygen atoms in total. The van der Waals surface area contributed by atoms with Gasteiger partial charge in [-0.1, -0.05) is 48.0 Å². The van der Waals surface area contributed by atoms with Gasteiger partial charge in [0.05, 0.1) is 7.11 Å². The van der Waals surface area contributed by atoms with Crippen LogP contribution in [-0.4, -0.2) is 18.7 Å². The average molecular weight is 570 g/mol. The van der Waals surface area contributed by atoms with Crippen LogP contribution in [0.4, 0.5) is 0 Å². The molecule has 3 aliphatic rings. The van der Waals surface area contributed by atoms with Crippen molar-refractivity contribution in [3.63, 3.8) is 0 Å². The Bertz CT molecular complexity index is 1520. The van der Waals surface area contributed by atoms with Gasteiger partial charge in [-0.2, -0.15) is 0 Å². The van der Waals surface area contributed by atoms with Crippen LogP contribution in [0.25, 0.3) is 0 Å². The van der Waals surface area contributed by atoms with Gasteiger partial charge in [0.25, 0.3) is 0 Å². The molecule has 0 aromatic heterocycles. The van der Waals surface area contributed by atoms with Crippen LogP contribution in [0, 0.1) is 0 Å². The molecule has 0 spiro atoms. The van der Waals surface area contributed by atoms with E-state index in [1.165, 1.54) is 0 Å². The third-order valence-electron chi connectivity index (χ3n) is 7.93. The fraction of sp³-hybridized carbons (Fsp3) is 0.294. The van der Waals surface area contributed by atoms with Crippen molar-refractivity contribution in [2.75, 3.05) is 7.11 Å². The van der Waals surface area contributed by atoms with Crippen LogP contribution in [-0.2, 0) is 22.8 Å². The minimum absolute atomic E-state index is 0.0791. The Balaban J connectivity index is 1.29. The Morgan fingerprint density at radius 3 is 2.05 bits per heavy atom. The van der Waals surface area contributed by atoms with Crippen LogP contribution in [0.2, 0.25) is 5.02 Å². The van der Waals surface area contributed by atoms with Crippen molar-refractivity contribution in [3.8, 4) is 17.2 Å². The molecule has 0 unspecified atom stereocenters. The maximum atomic E-state index is 13.3. The molecule has 2 aliphatic carbocycles. The number of hydrogen-bond donors (Lipinski definition) is 1. The van der Waals surface area contributed by atoms with E-state index in [0.717, 1.165) is 53.8 Å². The number of hydrogen-bond acceptors (Lipinski definition) is 6. The molecule has 1 N–H and O–H groups in total. The SMILES string of the molecule is COc1cc(COc2ccc(Cl)cc2C2C3=C(CCCC3=O)NC3=C2C(=O)CCC3)ccc1OCc1ccccc1. The highest BCUT2D eigenvalue weighted by atomic mass is 35.5. The summed E-state index contributed by atoms with van der Waals surface area (Å²) in [7, 11) is 1.61. The van der Waals surface area contributed by atoms with Gasteiger partial charge in [0.2, 0.25) is 0 Å². The first kappa shape index (κ1) is 27.2. The summed E-state index contributed by atoms with van der Waals surface area (Å²) >= 11 is 6.50. The predicted molar refractivity (Wildman–Crippen MR) is 157 cm³/mol. The van der Waals surface area contributed by atoms with Crippen molar-refractivity contribution in [2.45, 2.75) is 57.7 Å². The van der Waals surface area contributed by atoms with Crippen molar-refractivity contribution in [1.82, 2.24) is 5.32 Å². The second-order valence-electron chi connectivity index (χ2n) is 10.6. The van der Waals surface area contributed by atoms with Gasteiger partial charge in [0.15, 0.2) is 23.1 Å². The number of ketones is 2. The van der Waals surface area contributed by atoms with Crippen LogP contribution >= 0.6 is 11.6 Å². The molecule has 1 aliphatic heterocycles. The van der Waals surface area contributed by atoms with E-state index in [4.69, 9.17) is 25.8 Å². The van der Waals surface area contributed by atoms with Gasteiger partial charge in [-0.25, -0.2) is 0 Å². The fourth-order valence-corrected chi connectivity index (χ4v) is 6.17. The molecule has 1 heterocycles. The number of rotatable bonds is 8. The molecule has 0 fully saturated rings. The van der Waals surface area contributed by atoms with Crippen LogP contribution in [0.15, 0.2) is 89.3 Å². The number of ether oxygens (including phenoxy) is 3. The summed E-state index contributed by atoms with van der Waals surface area (Å²) in [5.41, 5.74) is 5.93. The summed E-state index contributed by atoms with van der Waals surface area (Å²) in [6, 6.07) is 21.1. The van der Waals surface area contributed by atoms with Gasteiger partial charge in [-0.15, -0.1) is 0 Å². The summed E-state index contributed by atoms with van der Waals surface area (Å²) in [6.45, 7) is 0.694. The quantitative estimate of drug-likeness (QED) is 0.309. The first-order valence-electron chi connectivity index (χ1n) is 14.1. The van der Waals surface area contributed by atoms with E-state index in [2.05, 4.69) is 5.32 Å². The van der Waals surface area contributed by atoms with Crippen LogP contribution in [0.5, 0.6) is 17.2 Å². The first-order chi connectivity index (χ1) is 20.0. The summed E-state index contributed by atoms with van der Waals surface area (Å²) in [6.07, 6.45) is 4.14. The molecule has 0 radical (unpaired) electrons. The van der Waals surface area contributed by atoms with Gasteiger partial charge >= 0.3 is 0 Å². The number of methoxy groups -OCH3 is 1. The zero-order valence-electron chi connectivity index (χ0n) is 23.0. The van der Waals surface area contributed by atoms with Crippen LogP contribution in [0.1, 0.15) is 61.1 Å². The number of halogens is 1. The molecule has 0 amide bonds. The maximum Gasteiger partial charge on any atom is 0.161 e. The van der Waals surface area contributed by atoms with E-state index < -0.39 is 5.92 Å². The summed E-state index contributed by atoms with van der Waals surface area (Å²) in [5, 5.41) is 4.00. The molecule has 41 heavy (non-hydrogen) atoms. The Hall–Kier alpha value is -4.03. The van der Waals surface area contributed by atoms with Crippen molar-refractivity contribution in [1.29, 1.82) is 0 Å². The van der Waals surface area contributed by atoms with Crippen molar-refractivity contribution >= 4 is 23.2 Å². The Morgan fingerprint density at radius 1 is 0.732 bits per heavy atom. The maximum absolute atomic E-state index is 13.3. The molecular weight excluding hydrogens is 538 g/mol. The van der Waals surface area contributed by atoms with Crippen LogP contribution in [0.3, 0.4) is 0 Å². The minimum atomic E-state index is -0.487. The Labute approximate surface area is 245 Å². The zero-order chi connectivity index (χ0) is 28.3. The highest BCUT2D eigenvalue weighted by Gasteiger charge is 2.41. The highest BCUT2D eigenvalue weighted by Crippen LogP contribution is 2.48. The van der Waals surface area contributed by atoms with E-state index in [0.29, 0.717) is 52.9 Å². The predicted octanol–water partition coefficient (Wildman–Crippen LogP) is 7.21. The van der Waals surface area contributed by atoms with Crippen LogP contribution < -0.4 is 19.5 Å². The molecule has 0 saturated carbocycles. The number of allylic oxidation sites excluding steroid dienone is 4. The molecule has 6 rings (SSSR count). The Morgan fingerprint density at radius 2 is 1.37 bits per heavy atom. The smallest absolute Gasteiger partial charge is 0.161 e. The first-order valence-corrected chi connectivity index (χ1v) is 14.4. The molecule has 3 aromatic rings. The number of dihydropyridines is 1. The average Bonchev–Trinajstić information content (AvgIpc) is 2.99. The number of carbonyl (C=O) groups is 2. The van der Waals surface area contributed by atoms with Crippen molar-refractivity contribution < 1.29 is 23.8 Å². The number of nitrogens with one attached hydrogen (secondary N) is 1. The molecule has 7 heteroatoms. The lowest BCUT2D eigenvalue weighted by Gasteiger charge is -2.37. The zero-order valence-corrected chi connectivity index (χ0v) is 23.8. The van der Waals surface area contributed by atoms with Gasteiger partial charge in [0.1, 0.15) is 19.0 Å². The highest BCUT2D eigenvalue weighted by molar-refractivity contribution is 6.30. The lowest BCUT2D eigenvalue weighted by atomic mass is 9.71. The molecular formula is C34H32ClNO5. The second-order valence-corrected chi connectivity index (χ2v) is 11.1. The van der Waals surface area contributed by atoms with Gasteiger partial charge in [-0.3, -0.25) is 9.59 Å². The molecule has 3 aromatic carbocycles. The molecule has 0 saturated heterocycles. The monoisotopic (exact) mass is 569 g/mol. The standard InChI is InChI=1S/C34H32ClNO5/c1-39-31-17-22(13-15-30(31)41-19-21-7-3-2-4-8-21)20-40-29-16-14-23(35)18-24(29)32-33-25(9-5-11-27(33)37)36-26-10-6-12-28(38)34(26)32/h2-4,7-8,13-18,32,36H,5-6,9-12,19-20H2,1H3. The van der Waals surface area contributed by atoms with Gasteiger partial charge in [0, 0.05) is 51.9 Å². The van der Waals surface area contributed by atoms with E-state index in [1.54, 1.807) is 13.2 Å². The van der Waals surface area contributed by atoms with E-state index in [9.17, 15) is 9.59 Å². The molecule has 210 valence electrons. The minimum Gasteiger partial charge on any atom is -0.493 e. The molecule has 0 atom stereocenters. The van der Waals surface area contributed by atoms with E-state index in [-0.39, 0.29) is 18.2 Å². The largest absolute Gasteiger partial charge is 0.493 e. The van der Waals surface area contributed by atoms with E-state index >= 15 is 0 Å². The third-order valence-corrected chi connectivity index (χ3v) is 8.17. The number of carbonyl (C=O) groups excluding carboxylic acids is 2.